The molecule has 1 fully saturated rings. The number of anilines is 4. The monoisotopic (exact) mass is 685 g/mol. The molecule has 0 spiro atoms. The summed E-state index contributed by atoms with van der Waals surface area (Å²) in [5.41, 5.74) is 1.50. The largest absolute Gasteiger partial charge is 0.480 e. The molecule has 0 unspecified atom stereocenters. The molecule has 1 aliphatic rings. The van der Waals surface area contributed by atoms with E-state index >= 15 is 0 Å². The van der Waals surface area contributed by atoms with Gasteiger partial charge in [0.05, 0.1) is 22.8 Å². The standard InChI is InChI=1S/C29H35N9O5S3/c1-30-9-3-7-24(27(40)41)35-26(39)25-23(8-16-44-25)36-46(42,43)22-6-2-5-20(17-22)33-18-21-19-45-29(34-21)38-14-12-37(13-15-38)28-31-10-4-11-32-28/h2,4-6,8,10-11,16-17,19,24,30,33,36H,3,7,9,12-15,18H2,1H3,(H,35,39)(H,40,41)/t24-/m0/s1. The molecule has 0 saturated carbocycles. The SMILES string of the molecule is CNCCC[C@H](NC(=O)c1sccc1NS(=O)(=O)c1cccc(NCc2csc(N3CCN(c4ncccn4)CC3)n2)c1)C(=O)O. The number of rotatable bonds is 15. The van der Waals surface area contributed by atoms with Crippen LogP contribution in [0.3, 0.4) is 0 Å². The van der Waals surface area contributed by atoms with Crippen LogP contribution < -0.4 is 30.5 Å². The van der Waals surface area contributed by atoms with Crippen LogP contribution in [0.1, 0.15) is 28.2 Å². The molecule has 46 heavy (non-hydrogen) atoms. The molecular weight excluding hydrogens is 651 g/mol. The van der Waals surface area contributed by atoms with E-state index in [1.54, 1.807) is 54.4 Å². The molecule has 0 aliphatic carbocycles. The molecule has 244 valence electrons. The molecule has 5 N–H and O–H groups in total. The first-order chi connectivity index (χ1) is 22.2. The summed E-state index contributed by atoms with van der Waals surface area (Å²) in [6.45, 7) is 4.20. The zero-order valence-electron chi connectivity index (χ0n) is 25.0. The number of hydrogen-bond donors (Lipinski definition) is 5. The van der Waals surface area contributed by atoms with E-state index in [1.165, 1.54) is 18.2 Å². The number of carboxylic acids is 1. The van der Waals surface area contributed by atoms with Gasteiger partial charge in [-0.1, -0.05) is 6.07 Å². The van der Waals surface area contributed by atoms with E-state index in [1.807, 2.05) is 5.38 Å². The third kappa shape index (κ3) is 8.48. The van der Waals surface area contributed by atoms with Gasteiger partial charge in [-0.15, -0.1) is 22.7 Å². The molecule has 14 nitrogen and oxygen atoms in total. The number of carbonyl (C=O) groups is 2. The van der Waals surface area contributed by atoms with Crippen LogP contribution in [0.25, 0.3) is 0 Å². The van der Waals surface area contributed by atoms with Crippen LogP contribution in [0.2, 0.25) is 0 Å². The summed E-state index contributed by atoms with van der Waals surface area (Å²) in [6, 6.07) is 8.55. The second-order valence-corrected chi connectivity index (χ2v) is 13.8. The van der Waals surface area contributed by atoms with Crippen LogP contribution in [0.5, 0.6) is 0 Å². The average molecular weight is 686 g/mol. The summed E-state index contributed by atoms with van der Waals surface area (Å²) >= 11 is 2.58. The van der Waals surface area contributed by atoms with E-state index in [0.717, 1.165) is 54.3 Å². The lowest BCUT2D eigenvalue weighted by Gasteiger charge is -2.34. The molecule has 0 radical (unpaired) electrons. The van der Waals surface area contributed by atoms with Crippen molar-refractivity contribution in [3.8, 4) is 0 Å². The lowest BCUT2D eigenvalue weighted by molar-refractivity contribution is -0.139. The van der Waals surface area contributed by atoms with Gasteiger partial charge < -0.3 is 30.9 Å². The number of carboxylic acid groups (broad SMARTS) is 1. The first-order valence-corrected chi connectivity index (χ1v) is 17.8. The van der Waals surface area contributed by atoms with Crippen LogP contribution >= 0.6 is 22.7 Å². The molecular formula is C29H35N9O5S3. The molecule has 1 aromatic carbocycles. The van der Waals surface area contributed by atoms with E-state index in [0.29, 0.717) is 25.2 Å². The molecule has 1 aliphatic heterocycles. The summed E-state index contributed by atoms with van der Waals surface area (Å²) < 4.78 is 29.1. The number of piperazine rings is 1. The maximum absolute atomic E-state index is 13.3. The highest BCUT2D eigenvalue weighted by molar-refractivity contribution is 7.92. The second-order valence-electron chi connectivity index (χ2n) is 10.4. The predicted molar refractivity (Wildman–Crippen MR) is 180 cm³/mol. The fraction of sp³-hybridized carbons (Fsp3) is 0.345. The van der Waals surface area contributed by atoms with Gasteiger partial charge in [0.15, 0.2) is 5.13 Å². The highest BCUT2D eigenvalue weighted by atomic mass is 32.2. The predicted octanol–water partition coefficient (Wildman–Crippen LogP) is 2.92. The number of nitrogens with zero attached hydrogens (tertiary/aromatic N) is 5. The Balaban J connectivity index is 1.17. The number of aliphatic carboxylic acids is 1. The van der Waals surface area contributed by atoms with Crippen molar-refractivity contribution in [2.75, 3.05) is 59.6 Å². The van der Waals surface area contributed by atoms with Crippen molar-refractivity contribution in [1.29, 1.82) is 0 Å². The molecule has 1 saturated heterocycles. The maximum atomic E-state index is 13.3. The van der Waals surface area contributed by atoms with E-state index in [2.05, 4.69) is 40.4 Å². The van der Waals surface area contributed by atoms with Crippen molar-refractivity contribution in [1.82, 2.24) is 25.6 Å². The topological polar surface area (TPSA) is 182 Å². The van der Waals surface area contributed by atoms with Gasteiger partial charge in [0.25, 0.3) is 15.9 Å². The molecule has 3 aromatic heterocycles. The smallest absolute Gasteiger partial charge is 0.326 e. The Labute approximate surface area is 275 Å². The van der Waals surface area contributed by atoms with Crippen molar-refractivity contribution in [2.24, 2.45) is 0 Å². The zero-order chi connectivity index (χ0) is 32.5. The average Bonchev–Trinajstić information content (AvgIpc) is 3.74. The number of thiazole rings is 1. The number of nitrogens with one attached hydrogen (secondary N) is 4. The Morgan fingerprint density at radius 3 is 2.54 bits per heavy atom. The normalized spacial score (nSPS) is 14.1. The van der Waals surface area contributed by atoms with Crippen LogP contribution in [0.4, 0.5) is 22.5 Å². The van der Waals surface area contributed by atoms with Gasteiger partial charge in [0.1, 0.15) is 10.9 Å². The lowest BCUT2D eigenvalue weighted by atomic mass is 10.1. The lowest BCUT2D eigenvalue weighted by Crippen LogP contribution is -2.47. The minimum absolute atomic E-state index is 0.00442. The molecule has 17 heteroatoms. The van der Waals surface area contributed by atoms with Crippen LogP contribution in [-0.4, -0.2) is 86.2 Å². The summed E-state index contributed by atoms with van der Waals surface area (Å²) in [5.74, 6) is -1.08. The van der Waals surface area contributed by atoms with Crippen molar-refractivity contribution in [2.45, 2.75) is 30.3 Å². The minimum atomic E-state index is -4.06. The Kier molecular flexibility index (Phi) is 11.0. The van der Waals surface area contributed by atoms with E-state index in [9.17, 15) is 23.1 Å². The van der Waals surface area contributed by atoms with Crippen molar-refractivity contribution in [3.63, 3.8) is 0 Å². The maximum Gasteiger partial charge on any atom is 0.326 e. The summed E-state index contributed by atoms with van der Waals surface area (Å²) in [7, 11) is -2.31. The van der Waals surface area contributed by atoms with Crippen LogP contribution in [-0.2, 0) is 21.4 Å². The van der Waals surface area contributed by atoms with Crippen molar-refractivity contribution < 1.29 is 23.1 Å². The van der Waals surface area contributed by atoms with Gasteiger partial charge in [0.2, 0.25) is 5.95 Å². The zero-order valence-corrected chi connectivity index (χ0v) is 27.5. The number of amides is 1. The summed E-state index contributed by atoms with van der Waals surface area (Å²) in [4.78, 5) is 42.4. The molecule has 5 rings (SSSR count). The Morgan fingerprint density at radius 1 is 1.04 bits per heavy atom. The molecule has 4 aromatic rings. The number of sulfonamides is 1. The van der Waals surface area contributed by atoms with Gasteiger partial charge >= 0.3 is 5.97 Å². The molecule has 4 heterocycles. The number of thiophene rings is 1. The van der Waals surface area contributed by atoms with Crippen LogP contribution in [0, 0.1) is 0 Å². The summed E-state index contributed by atoms with van der Waals surface area (Å²) in [6.07, 6.45) is 4.27. The Bertz CT molecular complexity index is 1720. The third-order valence-electron chi connectivity index (χ3n) is 7.18. The molecule has 1 atom stereocenters. The number of aromatic nitrogens is 3. The second kappa shape index (κ2) is 15.3. The van der Waals surface area contributed by atoms with E-state index < -0.39 is 27.9 Å². The highest BCUT2D eigenvalue weighted by Crippen LogP contribution is 2.27. The van der Waals surface area contributed by atoms with Crippen LogP contribution in [0.15, 0.2) is 64.4 Å². The third-order valence-corrected chi connectivity index (χ3v) is 10.4. The van der Waals surface area contributed by atoms with Gasteiger partial charge in [-0.05, 0) is 62.1 Å². The fourth-order valence-corrected chi connectivity index (χ4v) is 7.59. The van der Waals surface area contributed by atoms with Gasteiger partial charge in [-0.2, -0.15) is 0 Å². The van der Waals surface area contributed by atoms with Gasteiger partial charge in [-0.25, -0.2) is 28.2 Å². The van der Waals surface area contributed by atoms with E-state index in [4.69, 9.17) is 4.98 Å². The van der Waals surface area contributed by atoms with Gasteiger partial charge in [-0.3, -0.25) is 9.52 Å². The number of benzene rings is 1. The number of hydrogen-bond acceptors (Lipinski definition) is 13. The highest BCUT2D eigenvalue weighted by Gasteiger charge is 2.25. The van der Waals surface area contributed by atoms with Crippen molar-refractivity contribution >= 4 is 67.0 Å². The molecule has 1 amide bonds. The summed E-state index contributed by atoms with van der Waals surface area (Å²) in [5, 5.41) is 22.7. The quantitative estimate of drug-likeness (QED) is 0.116. The first-order valence-electron chi connectivity index (χ1n) is 14.6. The molecule has 0 bridgehead atoms. The van der Waals surface area contributed by atoms with Crippen molar-refractivity contribution in [3.05, 3.63) is 70.1 Å². The Morgan fingerprint density at radius 2 is 1.80 bits per heavy atom. The minimum Gasteiger partial charge on any atom is -0.480 e. The van der Waals surface area contributed by atoms with E-state index in [-0.39, 0.29) is 21.9 Å². The number of carbonyl (C=O) groups excluding carboxylic acids is 1. The van der Waals surface area contributed by atoms with Gasteiger partial charge in [0, 0.05) is 49.6 Å². The Hall–Kier alpha value is -4.32. The first kappa shape index (κ1) is 33.1. The fourth-order valence-electron chi connectivity index (χ4n) is 4.77.